The minimum atomic E-state index is -1.25. The third-order valence-corrected chi connectivity index (χ3v) is 5.75. The van der Waals surface area contributed by atoms with Gasteiger partial charge >= 0.3 is 6.09 Å². The molecule has 4 rings (SSSR count). The van der Waals surface area contributed by atoms with Gasteiger partial charge in [-0.25, -0.2) is 4.79 Å². The van der Waals surface area contributed by atoms with Crippen LogP contribution in [-0.4, -0.2) is 62.5 Å². The summed E-state index contributed by atoms with van der Waals surface area (Å²) in [6.07, 6.45) is 3.18. The molecular formula is C23H25N7O4. The normalized spacial score (nSPS) is 22.2. The van der Waals surface area contributed by atoms with Gasteiger partial charge < -0.3 is 14.2 Å². The highest BCUT2D eigenvalue weighted by atomic mass is 16.5. The van der Waals surface area contributed by atoms with Crippen LogP contribution in [0.3, 0.4) is 0 Å². The maximum absolute atomic E-state index is 13.1. The second-order valence-corrected chi connectivity index (χ2v) is 7.88. The van der Waals surface area contributed by atoms with Crippen LogP contribution in [-0.2, 0) is 17.6 Å². The SMILES string of the molecule is COC(=O)N(CC1(Cc2ccccc2OC)C=NN=N1)C1(Cc2ccccc2OC)C=NN=N1. The van der Waals surface area contributed by atoms with E-state index in [0.29, 0.717) is 17.9 Å². The van der Waals surface area contributed by atoms with Gasteiger partial charge in [-0.05, 0) is 33.7 Å². The first-order chi connectivity index (χ1) is 16.5. The summed E-state index contributed by atoms with van der Waals surface area (Å²) in [7, 11) is 4.51. The van der Waals surface area contributed by atoms with E-state index in [1.165, 1.54) is 18.2 Å². The van der Waals surface area contributed by atoms with E-state index >= 15 is 0 Å². The quantitative estimate of drug-likeness (QED) is 0.560. The van der Waals surface area contributed by atoms with Gasteiger partial charge in [0.1, 0.15) is 17.0 Å². The molecule has 176 valence electrons. The Kier molecular flexibility index (Phi) is 6.62. The second-order valence-electron chi connectivity index (χ2n) is 7.88. The Bertz CT molecular complexity index is 1140. The molecule has 2 aliphatic heterocycles. The number of hydrogen-bond donors (Lipinski definition) is 0. The Hall–Kier alpha value is -4.15. The molecule has 2 aliphatic rings. The molecule has 2 heterocycles. The van der Waals surface area contributed by atoms with Crippen LogP contribution in [0.4, 0.5) is 4.79 Å². The van der Waals surface area contributed by atoms with E-state index in [1.54, 1.807) is 20.4 Å². The minimum absolute atomic E-state index is 0.0604. The first-order valence-corrected chi connectivity index (χ1v) is 10.6. The molecule has 11 nitrogen and oxygen atoms in total. The number of benzene rings is 2. The summed E-state index contributed by atoms with van der Waals surface area (Å²) < 4.78 is 16.2. The molecule has 0 aromatic heterocycles. The van der Waals surface area contributed by atoms with Crippen LogP contribution < -0.4 is 9.47 Å². The number of amides is 1. The Morgan fingerprint density at radius 3 is 1.94 bits per heavy atom. The molecule has 0 bridgehead atoms. The molecular weight excluding hydrogens is 438 g/mol. The summed E-state index contributed by atoms with van der Waals surface area (Å²) in [5, 5.41) is 24.4. The van der Waals surface area contributed by atoms with E-state index in [-0.39, 0.29) is 13.0 Å². The van der Waals surface area contributed by atoms with E-state index in [1.807, 2.05) is 48.5 Å². The molecule has 2 unspecified atom stereocenters. The molecule has 1 amide bonds. The highest BCUT2D eigenvalue weighted by Gasteiger charge is 2.48. The standard InChI is InChI=1S/C23H25N7O4/c1-32-19-10-6-4-8-17(19)12-22(14-24-28-26-22)16-30(21(31)34-3)23(15-25-29-27-23)13-18-9-5-7-11-20(18)33-2/h4-11,14-15H,12-13,16H2,1-3H3. The summed E-state index contributed by atoms with van der Waals surface area (Å²) in [5.74, 6) is 1.36. The Morgan fingerprint density at radius 1 is 0.824 bits per heavy atom. The van der Waals surface area contributed by atoms with Crippen molar-refractivity contribution < 1.29 is 19.0 Å². The Balaban J connectivity index is 1.72. The maximum atomic E-state index is 13.1. The lowest BCUT2D eigenvalue weighted by Crippen LogP contribution is -2.58. The molecule has 0 saturated heterocycles. The summed E-state index contributed by atoms with van der Waals surface area (Å²) in [6.45, 7) is 0.0604. The highest BCUT2D eigenvalue weighted by Crippen LogP contribution is 2.34. The molecule has 2 aromatic carbocycles. The zero-order valence-corrected chi connectivity index (χ0v) is 19.2. The lowest BCUT2D eigenvalue weighted by atomic mass is 9.89. The molecule has 0 spiro atoms. The summed E-state index contributed by atoms with van der Waals surface area (Å²) >= 11 is 0. The second kappa shape index (κ2) is 9.77. The van der Waals surface area contributed by atoms with Gasteiger partial charge in [0.05, 0.1) is 40.3 Å². The Morgan fingerprint density at radius 2 is 1.41 bits per heavy atom. The molecule has 0 saturated carbocycles. The van der Waals surface area contributed by atoms with Crippen molar-refractivity contribution in [3.63, 3.8) is 0 Å². The number of ether oxygens (including phenoxy) is 3. The lowest BCUT2D eigenvalue weighted by Gasteiger charge is -2.38. The molecule has 11 heteroatoms. The highest BCUT2D eigenvalue weighted by molar-refractivity contribution is 5.82. The van der Waals surface area contributed by atoms with Crippen LogP contribution >= 0.6 is 0 Å². The fourth-order valence-electron chi connectivity index (χ4n) is 4.08. The third-order valence-electron chi connectivity index (χ3n) is 5.75. The summed E-state index contributed by atoms with van der Waals surface area (Å²) in [5.41, 5.74) is -0.501. The number of nitrogens with zero attached hydrogens (tertiary/aromatic N) is 7. The molecule has 0 aliphatic carbocycles. The van der Waals surface area contributed by atoms with Crippen molar-refractivity contribution in [1.82, 2.24) is 4.90 Å². The molecule has 0 radical (unpaired) electrons. The van der Waals surface area contributed by atoms with Gasteiger partial charge in [0, 0.05) is 12.8 Å². The van der Waals surface area contributed by atoms with Crippen LogP contribution in [0.2, 0.25) is 0 Å². The fourth-order valence-corrected chi connectivity index (χ4v) is 4.08. The summed E-state index contributed by atoms with van der Waals surface area (Å²) in [6, 6.07) is 15.1. The number of hydrogen-bond acceptors (Lipinski definition) is 10. The molecule has 0 N–H and O–H groups in total. The maximum Gasteiger partial charge on any atom is 0.411 e. The Labute approximate surface area is 196 Å². The average molecular weight is 463 g/mol. The van der Waals surface area contributed by atoms with Gasteiger partial charge in [-0.1, -0.05) is 36.4 Å². The predicted molar refractivity (Wildman–Crippen MR) is 125 cm³/mol. The van der Waals surface area contributed by atoms with Crippen molar-refractivity contribution in [2.24, 2.45) is 30.9 Å². The van der Waals surface area contributed by atoms with E-state index < -0.39 is 17.3 Å². The van der Waals surface area contributed by atoms with Gasteiger partial charge in [0.15, 0.2) is 0 Å². The predicted octanol–water partition coefficient (Wildman–Crippen LogP) is 3.90. The van der Waals surface area contributed by atoms with Crippen molar-refractivity contribution in [3.05, 3.63) is 59.7 Å². The van der Waals surface area contributed by atoms with Crippen LogP contribution in [0.5, 0.6) is 11.5 Å². The molecule has 0 fully saturated rings. The van der Waals surface area contributed by atoms with Gasteiger partial charge in [0.25, 0.3) is 0 Å². The van der Waals surface area contributed by atoms with Crippen molar-refractivity contribution in [2.45, 2.75) is 24.0 Å². The van der Waals surface area contributed by atoms with Crippen LogP contribution in [0.1, 0.15) is 11.1 Å². The van der Waals surface area contributed by atoms with Crippen molar-refractivity contribution in [1.29, 1.82) is 0 Å². The number of carbonyl (C=O) groups excluding carboxylic acids is 1. The number of methoxy groups -OCH3 is 3. The van der Waals surface area contributed by atoms with Crippen LogP contribution in [0.15, 0.2) is 79.4 Å². The van der Waals surface area contributed by atoms with Gasteiger partial charge in [-0.15, -0.1) is 15.3 Å². The first kappa shape index (κ1) is 23.0. The lowest BCUT2D eigenvalue weighted by molar-refractivity contribution is 0.0834. The van der Waals surface area contributed by atoms with Crippen LogP contribution in [0.25, 0.3) is 0 Å². The number of carbonyl (C=O) groups is 1. The zero-order chi connectivity index (χ0) is 24.0. The van der Waals surface area contributed by atoms with Crippen LogP contribution in [0, 0.1) is 0 Å². The topological polar surface area (TPSA) is 122 Å². The van der Waals surface area contributed by atoms with E-state index in [2.05, 4.69) is 30.9 Å². The molecule has 2 atom stereocenters. The fraction of sp³-hybridized carbons (Fsp3) is 0.348. The monoisotopic (exact) mass is 463 g/mol. The van der Waals surface area contributed by atoms with Gasteiger partial charge in [-0.2, -0.15) is 5.11 Å². The molecule has 2 aromatic rings. The number of rotatable bonds is 9. The van der Waals surface area contributed by atoms with E-state index in [4.69, 9.17) is 14.2 Å². The first-order valence-electron chi connectivity index (χ1n) is 10.6. The van der Waals surface area contributed by atoms with Gasteiger partial charge in [-0.3, -0.25) is 4.90 Å². The van der Waals surface area contributed by atoms with Crippen molar-refractivity contribution in [3.8, 4) is 11.5 Å². The molecule has 34 heavy (non-hydrogen) atoms. The minimum Gasteiger partial charge on any atom is -0.496 e. The third kappa shape index (κ3) is 4.49. The van der Waals surface area contributed by atoms with E-state index in [0.717, 1.165) is 11.1 Å². The average Bonchev–Trinajstić information content (AvgIpc) is 3.53. The largest absolute Gasteiger partial charge is 0.496 e. The van der Waals surface area contributed by atoms with Crippen molar-refractivity contribution >= 4 is 18.5 Å². The van der Waals surface area contributed by atoms with Crippen molar-refractivity contribution in [2.75, 3.05) is 27.9 Å². The smallest absolute Gasteiger partial charge is 0.411 e. The van der Waals surface area contributed by atoms with E-state index in [9.17, 15) is 4.79 Å². The summed E-state index contributed by atoms with van der Waals surface area (Å²) in [4.78, 5) is 14.6. The van der Waals surface area contributed by atoms with Gasteiger partial charge in [0.2, 0.25) is 5.66 Å². The number of para-hydroxylation sites is 2. The zero-order valence-electron chi connectivity index (χ0n) is 19.2.